The number of aryl methyl sites for hydroxylation is 1. The summed E-state index contributed by atoms with van der Waals surface area (Å²) >= 11 is 1.67. The molecule has 1 aromatic carbocycles. The Hall–Kier alpha value is -2.14. The van der Waals surface area contributed by atoms with Crippen molar-refractivity contribution >= 4 is 33.6 Å². The maximum atomic E-state index is 6.12. The summed E-state index contributed by atoms with van der Waals surface area (Å²) in [5.74, 6) is 0. The molecule has 3 aromatic rings. The molecule has 0 amide bonds. The highest BCUT2D eigenvalue weighted by molar-refractivity contribution is 7.09. The maximum absolute atomic E-state index is 6.12. The van der Waals surface area contributed by atoms with Gasteiger partial charge >= 0.3 is 0 Å². The summed E-state index contributed by atoms with van der Waals surface area (Å²) < 4.78 is 0. The Morgan fingerprint density at radius 3 is 2.85 bits per heavy atom. The highest BCUT2D eigenvalue weighted by Gasteiger charge is 2.12. The second-order valence-corrected chi connectivity index (χ2v) is 5.86. The van der Waals surface area contributed by atoms with E-state index >= 15 is 0 Å². The minimum atomic E-state index is 0.693. The van der Waals surface area contributed by atoms with Gasteiger partial charge in [0.15, 0.2) is 0 Å². The molecule has 5 heteroatoms. The van der Waals surface area contributed by atoms with Gasteiger partial charge in [-0.3, -0.25) is 4.98 Å². The fraction of sp³-hybridized carbons (Fsp3) is 0.200. The molecule has 2 aromatic heterocycles. The van der Waals surface area contributed by atoms with Crippen molar-refractivity contribution < 1.29 is 0 Å². The number of rotatable bonds is 3. The number of pyridine rings is 1. The molecule has 0 radical (unpaired) electrons. The van der Waals surface area contributed by atoms with Gasteiger partial charge in [-0.25, -0.2) is 4.98 Å². The van der Waals surface area contributed by atoms with E-state index in [1.807, 2.05) is 32.2 Å². The first kappa shape index (κ1) is 12.9. The highest BCUT2D eigenvalue weighted by atomic mass is 32.1. The summed E-state index contributed by atoms with van der Waals surface area (Å²) in [5.41, 5.74) is 9.85. The van der Waals surface area contributed by atoms with Crippen LogP contribution in [0.4, 0.5) is 11.4 Å². The smallest absolute Gasteiger partial charge is 0.0898 e. The summed E-state index contributed by atoms with van der Waals surface area (Å²) in [6.07, 6.45) is 1.72. The molecule has 0 bridgehead atoms. The lowest BCUT2D eigenvalue weighted by molar-refractivity contribution is 0.895. The summed E-state index contributed by atoms with van der Waals surface area (Å²) in [6.45, 7) is 2.76. The molecule has 2 N–H and O–H groups in total. The van der Waals surface area contributed by atoms with Crippen molar-refractivity contribution in [3.05, 3.63) is 46.5 Å². The third-order valence-electron chi connectivity index (χ3n) is 3.22. The van der Waals surface area contributed by atoms with Gasteiger partial charge in [0.05, 0.1) is 40.3 Å². The summed E-state index contributed by atoms with van der Waals surface area (Å²) in [5, 5.41) is 4.24. The van der Waals surface area contributed by atoms with Crippen LogP contribution < -0.4 is 10.6 Å². The van der Waals surface area contributed by atoms with Crippen molar-refractivity contribution in [3.8, 4) is 0 Å². The zero-order valence-corrected chi connectivity index (χ0v) is 12.3. The molecule has 2 heterocycles. The number of aromatic nitrogens is 2. The predicted octanol–water partition coefficient (Wildman–Crippen LogP) is 3.22. The molecule has 3 rings (SSSR count). The Kier molecular flexibility index (Phi) is 3.28. The van der Waals surface area contributed by atoms with Crippen molar-refractivity contribution in [1.29, 1.82) is 0 Å². The van der Waals surface area contributed by atoms with E-state index < -0.39 is 0 Å². The van der Waals surface area contributed by atoms with E-state index in [0.29, 0.717) is 5.69 Å². The summed E-state index contributed by atoms with van der Waals surface area (Å²) in [4.78, 5) is 11.0. The lowest BCUT2D eigenvalue weighted by atomic mass is 10.1. The largest absolute Gasteiger partial charge is 0.396 e. The number of nitrogens with two attached hydrogens (primary N) is 1. The third kappa shape index (κ3) is 2.32. The Bertz CT molecular complexity index is 750. The average Bonchev–Trinajstić information content (AvgIpc) is 2.83. The number of para-hydroxylation sites is 1. The third-order valence-corrected chi connectivity index (χ3v) is 4.05. The van der Waals surface area contributed by atoms with Crippen molar-refractivity contribution in [3.63, 3.8) is 0 Å². The average molecular weight is 284 g/mol. The van der Waals surface area contributed by atoms with E-state index in [2.05, 4.69) is 26.3 Å². The van der Waals surface area contributed by atoms with Crippen LogP contribution in [0.1, 0.15) is 10.7 Å². The Morgan fingerprint density at radius 1 is 1.30 bits per heavy atom. The number of benzene rings is 1. The van der Waals surface area contributed by atoms with E-state index in [1.54, 1.807) is 17.5 Å². The van der Waals surface area contributed by atoms with Crippen molar-refractivity contribution in [1.82, 2.24) is 9.97 Å². The normalized spacial score (nSPS) is 10.9. The fourth-order valence-electron chi connectivity index (χ4n) is 2.37. The predicted molar refractivity (Wildman–Crippen MR) is 85.1 cm³/mol. The Labute approximate surface area is 121 Å². The summed E-state index contributed by atoms with van der Waals surface area (Å²) in [6, 6.07) is 8.04. The molecule has 20 heavy (non-hydrogen) atoms. The van der Waals surface area contributed by atoms with Crippen LogP contribution in [0, 0.1) is 6.92 Å². The van der Waals surface area contributed by atoms with Crippen LogP contribution in [0.25, 0.3) is 10.9 Å². The van der Waals surface area contributed by atoms with Crippen LogP contribution in [0.5, 0.6) is 0 Å². The van der Waals surface area contributed by atoms with Crippen LogP contribution in [-0.4, -0.2) is 17.0 Å². The standard InChI is InChI=1S/C15H16N4S/c1-10-18-11(9-20-10)8-19(2)15-12-5-3-4-6-14(12)17-7-13(15)16/h3-7,9H,8,16H2,1-2H3. The number of anilines is 2. The first-order chi connectivity index (χ1) is 9.65. The Balaban J connectivity index is 2.02. The van der Waals surface area contributed by atoms with Gasteiger partial charge in [0.1, 0.15) is 0 Å². The number of thiazole rings is 1. The van der Waals surface area contributed by atoms with Gasteiger partial charge in [-0.1, -0.05) is 18.2 Å². The topological polar surface area (TPSA) is 55.0 Å². The molecule has 0 aliphatic heterocycles. The van der Waals surface area contributed by atoms with Gasteiger partial charge < -0.3 is 10.6 Å². The van der Waals surface area contributed by atoms with Crippen LogP contribution in [0.3, 0.4) is 0 Å². The first-order valence-electron chi connectivity index (χ1n) is 6.40. The van der Waals surface area contributed by atoms with E-state index in [1.165, 1.54) is 0 Å². The summed E-state index contributed by atoms with van der Waals surface area (Å²) in [7, 11) is 2.03. The molecular formula is C15H16N4S. The lowest BCUT2D eigenvalue weighted by Crippen LogP contribution is -2.18. The number of hydrogen-bond acceptors (Lipinski definition) is 5. The molecular weight excluding hydrogens is 268 g/mol. The second-order valence-electron chi connectivity index (χ2n) is 4.79. The highest BCUT2D eigenvalue weighted by Crippen LogP contribution is 2.31. The molecule has 0 aliphatic carbocycles. The number of nitrogens with zero attached hydrogens (tertiary/aromatic N) is 3. The molecule has 0 aliphatic rings. The van der Waals surface area contributed by atoms with Crippen molar-refractivity contribution in [2.24, 2.45) is 0 Å². The van der Waals surface area contributed by atoms with Crippen LogP contribution >= 0.6 is 11.3 Å². The molecule has 0 fully saturated rings. The molecule has 0 saturated carbocycles. The van der Waals surface area contributed by atoms with Gasteiger partial charge in [-0.15, -0.1) is 11.3 Å². The van der Waals surface area contributed by atoms with Crippen LogP contribution in [0.2, 0.25) is 0 Å². The second kappa shape index (κ2) is 5.09. The maximum Gasteiger partial charge on any atom is 0.0898 e. The number of fused-ring (bicyclic) bond motifs is 1. The van der Waals surface area contributed by atoms with Crippen molar-refractivity contribution in [2.75, 3.05) is 17.7 Å². The van der Waals surface area contributed by atoms with Gasteiger partial charge in [0.25, 0.3) is 0 Å². The zero-order valence-electron chi connectivity index (χ0n) is 11.5. The molecule has 4 nitrogen and oxygen atoms in total. The molecule has 0 spiro atoms. The molecule has 0 unspecified atom stereocenters. The lowest BCUT2D eigenvalue weighted by Gasteiger charge is -2.21. The SMILES string of the molecule is Cc1nc(CN(C)c2c(N)cnc3ccccc23)cs1. The number of nitrogen functional groups attached to an aromatic ring is 1. The molecule has 102 valence electrons. The van der Waals surface area contributed by atoms with E-state index in [-0.39, 0.29) is 0 Å². The van der Waals surface area contributed by atoms with Gasteiger partial charge in [0, 0.05) is 17.8 Å². The monoisotopic (exact) mass is 284 g/mol. The minimum absolute atomic E-state index is 0.693. The molecule has 0 saturated heterocycles. The van der Waals surface area contributed by atoms with E-state index in [0.717, 1.165) is 33.8 Å². The van der Waals surface area contributed by atoms with Gasteiger partial charge in [-0.05, 0) is 13.0 Å². The van der Waals surface area contributed by atoms with Gasteiger partial charge in [-0.2, -0.15) is 0 Å². The Morgan fingerprint density at radius 2 is 2.10 bits per heavy atom. The minimum Gasteiger partial charge on any atom is -0.396 e. The first-order valence-corrected chi connectivity index (χ1v) is 7.28. The van der Waals surface area contributed by atoms with E-state index in [9.17, 15) is 0 Å². The van der Waals surface area contributed by atoms with Crippen LogP contribution in [-0.2, 0) is 6.54 Å². The zero-order chi connectivity index (χ0) is 14.1. The van der Waals surface area contributed by atoms with Crippen LogP contribution in [0.15, 0.2) is 35.8 Å². The molecule has 0 atom stereocenters. The quantitative estimate of drug-likeness (QED) is 0.802. The number of hydrogen-bond donors (Lipinski definition) is 1. The van der Waals surface area contributed by atoms with Gasteiger partial charge in [0.2, 0.25) is 0 Å². The van der Waals surface area contributed by atoms with Crippen molar-refractivity contribution in [2.45, 2.75) is 13.5 Å². The fourth-order valence-corrected chi connectivity index (χ4v) is 2.97. The van der Waals surface area contributed by atoms with E-state index in [4.69, 9.17) is 5.73 Å².